The van der Waals surface area contributed by atoms with Crippen molar-refractivity contribution in [2.45, 2.75) is 63.3 Å². The van der Waals surface area contributed by atoms with Gasteiger partial charge in [0.05, 0.1) is 25.2 Å². The van der Waals surface area contributed by atoms with Crippen LogP contribution in [0.2, 0.25) is 0 Å². The van der Waals surface area contributed by atoms with Gasteiger partial charge >= 0.3 is 17.9 Å². The number of nitrogens with two attached hydrogens (primary N) is 2. The second-order valence-electron chi connectivity index (χ2n) is 5.78. The van der Waals surface area contributed by atoms with Crippen LogP contribution in [0.4, 0.5) is 0 Å². The Bertz CT molecular complexity index is 435. The van der Waals surface area contributed by atoms with Crippen LogP contribution in [-0.2, 0) is 28.6 Å². The van der Waals surface area contributed by atoms with Crippen LogP contribution >= 0.6 is 0 Å². The van der Waals surface area contributed by atoms with Crippen molar-refractivity contribution in [3.05, 3.63) is 0 Å². The largest absolute Gasteiger partial charge is 0.469 e. The highest BCUT2D eigenvalue weighted by atomic mass is 16.6. The lowest BCUT2D eigenvalue weighted by Crippen LogP contribution is -2.50. The molecule has 0 aromatic heterocycles. The summed E-state index contributed by atoms with van der Waals surface area (Å²) < 4.78 is 14.7. The molecule has 4 N–H and O–H groups in total. The van der Waals surface area contributed by atoms with Gasteiger partial charge in [-0.2, -0.15) is 0 Å². The maximum absolute atomic E-state index is 11.8. The number of carbonyl (C=O) groups excluding carboxylic acids is 3. The Morgan fingerprint density at radius 1 is 1.18 bits per heavy atom. The summed E-state index contributed by atoms with van der Waals surface area (Å²) >= 11 is 0. The van der Waals surface area contributed by atoms with E-state index in [4.69, 9.17) is 16.2 Å². The molecule has 0 heterocycles. The van der Waals surface area contributed by atoms with Crippen molar-refractivity contribution in [3.8, 4) is 0 Å². The van der Waals surface area contributed by atoms with Crippen molar-refractivity contribution in [1.29, 1.82) is 0 Å². The normalized spacial score (nSPS) is 20.2. The van der Waals surface area contributed by atoms with E-state index < -0.39 is 36.1 Å². The van der Waals surface area contributed by atoms with Crippen LogP contribution in [0.25, 0.3) is 0 Å². The molecule has 1 fully saturated rings. The molecule has 0 aromatic rings. The van der Waals surface area contributed by atoms with Crippen molar-refractivity contribution in [3.63, 3.8) is 0 Å². The minimum absolute atomic E-state index is 0.275. The smallest absolute Gasteiger partial charge is 0.333 e. The molecule has 8 nitrogen and oxygen atoms in total. The fourth-order valence-corrected chi connectivity index (χ4v) is 2.10. The molecule has 1 rings (SSSR count). The number of ether oxygens (including phenoxy) is 3. The first kappa shape index (κ1) is 18.5. The second kappa shape index (κ2) is 7.66. The summed E-state index contributed by atoms with van der Waals surface area (Å²) in [5.74, 6) is -2.62. The van der Waals surface area contributed by atoms with E-state index in [0.717, 1.165) is 19.3 Å². The van der Waals surface area contributed by atoms with E-state index >= 15 is 0 Å². The van der Waals surface area contributed by atoms with Gasteiger partial charge in [-0.3, -0.25) is 4.79 Å². The topological polar surface area (TPSA) is 131 Å². The molecule has 1 aliphatic carbocycles. The maximum atomic E-state index is 11.8. The highest BCUT2D eigenvalue weighted by Gasteiger charge is 2.37. The molecule has 0 radical (unpaired) electrons. The van der Waals surface area contributed by atoms with Crippen LogP contribution < -0.4 is 11.5 Å². The van der Waals surface area contributed by atoms with Crippen molar-refractivity contribution in [2.75, 3.05) is 7.11 Å². The average Bonchev–Trinajstić information content (AvgIpc) is 2.43. The van der Waals surface area contributed by atoms with Gasteiger partial charge in [0.25, 0.3) is 0 Å². The first-order valence-electron chi connectivity index (χ1n) is 7.20. The first-order chi connectivity index (χ1) is 10.2. The minimum atomic E-state index is -1.27. The Morgan fingerprint density at radius 2 is 1.77 bits per heavy atom. The van der Waals surface area contributed by atoms with Crippen molar-refractivity contribution >= 4 is 17.9 Å². The van der Waals surface area contributed by atoms with E-state index in [0.29, 0.717) is 0 Å². The molecule has 0 unspecified atom stereocenters. The Kier molecular flexibility index (Phi) is 6.46. The van der Waals surface area contributed by atoms with Gasteiger partial charge in [0, 0.05) is 0 Å². The zero-order valence-corrected chi connectivity index (χ0v) is 13.2. The van der Waals surface area contributed by atoms with Crippen LogP contribution in [-0.4, -0.2) is 48.8 Å². The molecule has 22 heavy (non-hydrogen) atoms. The number of carbonyl (C=O) groups is 3. The summed E-state index contributed by atoms with van der Waals surface area (Å²) in [6.45, 7) is 3.59. The molecule has 8 heteroatoms. The molecule has 1 saturated carbocycles. The summed E-state index contributed by atoms with van der Waals surface area (Å²) in [4.78, 5) is 34.5. The lowest BCUT2D eigenvalue weighted by Gasteiger charge is -2.41. The van der Waals surface area contributed by atoms with Gasteiger partial charge in [0.15, 0.2) is 0 Å². The zero-order chi connectivity index (χ0) is 16.9. The summed E-state index contributed by atoms with van der Waals surface area (Å²) in [5.41, 5.74) is 10.9. The van der Waals surface area contributed by atoms with Crippen LogP contribution in [0.15, 0.2) is 0 Å². The number of methoxy groups -OCH3 is 1. The molecule has 0 saturated heterocycles. The summed E-state index contributed by atoms with van der Waals surface area (Å²) in [7, 11) is 1.17. The standard InChI is InChI=1S/C14H24N2O6/c1-8(22-14(2)5-4-6-14)11(16)13(19)21-12(18)9(15)7-10(17)20-3/h8-9,11H,4-7,15-16H2,1-3H3/t8-,9+,11+/m1/s1. The van der Waals surface area contributed by atoms with Crippen LogP contribution in [0.1, 0.15) is 39.5 Å². The van der Waals surface area contributed by atoms with Gasteiger partial charge in [0.1, 0.15) is 12.1 Å². The maximum Gasteiger partial charge on any atom is 0.333 e. The average molecular weight is 316 g/mol. The molecule has 0 amide bonds. The van der Waals surface area contributed by atoms with Gasteiger partial charge in [-0.05, 0) is 33.1 Å². The van der Waals surface area contributed by atoms with Crippen LogP contribution in [0.3, 0.4) is 0 Å². The van der Waals surface area contributed by atoms with E-state index in [1.807, 2.05) is 6.92 Å². The molecule has 3 atom stereocenters. The first-order valence-corrected chi connectivity index (χ1v) is 7.20. The van der Waals surface area contributed by atoms with E-state index in [-0.39, 0.29) is 12.0 Å². The summed E-state index contributed by atoms with van der Waals surface area (Å²) in [5, 5.41) is 0. The van der Waals surface area contributed by atoms with Gasteiger partial charge in [0.2, 0.25) is 0 Å². The summed E-state index contributed by atoms with van der Waals surface area (Å²) in [6.07, 6.45) is 1.91. The molecule has 1 aliphatic rings. The fraction of sp³-hybridized carbons (Fsp3) is 0.786. The SMILES string of the molecule is COC(=O)C[C@H](N)C(=O)OC(=O)[C@@H](N)[C@@H](C)OC1(C)CCC1. The number of hydrogen-bond acceptors (Lipinski definition) is 8. The molecule has 126 valence electrons. The van der Waals surface area contributed by atoms with Crippen LogP contribution in [0, 0.1) is 0 Å². The molecular weight excluding hydrogens is 292 g/mol. The van der Waals surface area contributed by atoms with E-state index in [1.54, 1.807) is 6.92 Å². The fourth-order valence-electron chi connectivity index (χ4n) is 2.10. The second-order valence-corrected chi connectivity index (χ2v) is 5.78. The molecule has 0 spiro atoms. The van der Waals surface area contributed by atoms with Gasteiger partial charge in [-0.1, -0.05) is 0 Å². The highest BCUT2D eigenvalue weighted by molar-refractivity contribution is 5.92. The Morgan fingerprint density at radius 3 is 2.23 bits per heavy atom. The predicted octanol–water partition coefficient (Wildman–Crippen LogP) is -0.378. The van der Waals surface area contributed by atoms with Crippen LogP contribution in [0.5, 0.6) is 0 Å². The number of esters is 3. The zero-order valence-electron chi connectivity index (χ0n) is 13.2. The third kappa shape index (κ3) is 5.04. The molecule has 0 aliphatic heterocycles. The summed E-state index contributed by atoms with van der Waals surface area (Å²) in [6, 6.07) is -2.38. The lowest BCUT2D eigenvalue weighted by molar-refractivity contribution is -0.170. The van der Waals surface area contributed by atoms with E-state index in [1.165, 1.54) is 7.11 Å². The van der Waals surface area contributed by atoms with Crippen molar-refractivity contribution in [1.82, 2.24) is 0 Å². The Labute approximate surface area is 129 Å². The Balaban J connectivity index is 2.45. The third-order valence-electron chi connectivity index (χ3n) is 3.78. The van der Waals surface area contributed by atoms with Crippen molar-refractivity contribution < 1.29 is 28.6 Å². The van der Waals surface area contributed by atoms with E-state index in [2.05, 4.69) is 9.47 Å². The molecule has 0 aromatic carbocycles. The Hall–Kier alpha value is -1.51. The molecular formula is C14H24N2O6. The van der Waals surface area contributed by atoms with Gasteiger partial charge in [-0.15, -0.1) is 0 Å². The van der Waals surface area contributed by atoms with Gasteiger partial charge in [-0.25, -0.2) is 9.59 Å². The third-order valence-corrected chi connectivity index (χ3v) is 3.78. The molecule has 0 bridgehead atoms. The number of hydrogen-bond donors (Lipinski definition) is 2. The quantitative estimate of drug-likeness (QED) is 0.480. The minimum Gasteiger partial charge on any atom is -0.469 e. The predicted molar refractivity (Wildman–Crippen MR) is 76.5 cm³/mol. The monoisotopic (exact) mass is 316 g/mol. The lowest BCUT2D eigenvalue weighted by atomic mass is 9.81. The van der Waals surface area contributed by atoms with Crippen molar-refractivity contribution in [2.24, 2.45) is 11.5 Å². The number of rotatable bonds is 7. The highest BCUT2D eigenvalue weighted by Crippen LogP contribution is 2.36. The van der Waals surface area contributed by atoms with Gasteiger partial charge < -0.3 is 25.7 Å². The van der Waals surface area contributed by atoms with E-state index in [9.17, 15) is 14.4 Å².